The van der Waals surface area contributed by atoms with Gasteiger partial charge in [-0.3, -0.25) is 14.4 Å². The zero-order valence-corrected chi connectivity index (χ0v) is 20.6. The van der Waals surface area contributed by atoms with Crippen LogP contribution < -0.4 is 11.1 Å². The SMILES string of the molecule is Cc1cc([C@H](C(=O)N2C[C@H](O)C[C@H]2C(=O)NC(C)(C(N)=O)c2ccc(Br)cc2)C(C)C)on1. The highest BCUT2D eigenvalue weighted by Gasteiger charge is 2.45. The Morgan fingerprint density at radius 1 is 1.30 bits per heavy atom. The molecule has 33 heavy (non-hydrogen) atoms. The molecule has 3 amide bonds. The monoisotopic (exact) mass is 520 g/mol. The molecule has 0 spiro atoms. The maximum Gasteiger partial charge on any atom is 0.247 e. The molecule has 1 aliphatic heterocycles. The van der Waals surface area contributed by atoms with E-state index in [0.29, 0.717) is 17.0 Å². The Balaban J connectivity index is 1.88. The number of nitrogens with zero attached hydrogens (tertiary/aromatic N) is 2. The number of aryl methyl sites for hydroxylation is 1. The van der Waals surface area contributed by atoms with E-state index in [2.05, 4.69) is 26.4 Å². The molecule has 1 unspecified atom stereocenters. The first kappa shape index (κ1) is 24.9. The van der Waals surface area contributed by atoms with Crippen molar-refractivity contribution >= 4 is 33.7 Å². The van der Waals surface area contributed by atoms with Gasteiger partial charge >= 0.3 is 0 Å². The predicted octanol–water partition coefficient (Wildman–Crippen LogP) is 1.96. The van der Waals surface area contributed by atoms with E-state index < -0.39 is 35.4 Å². The highest BCUT2D eigenvalue weighted by molar-refractivity contribution is 9.10. The minimum Gasteiger partial charge on any atom is -0.391 e. The summed E-state index contributed by atoms with van der Waals surface area (Å²) in [4.78, 5) is 40.6. The van der Waals surface area contributed by atoms with Crippen LogP contribution in [0.25, 0.3) is 0 Å². The molecule has 1 aromatic heterocycles. The van der Waals surface area contributed by atoms with Crippen molar-refractivity contribution in [3.63, 3.8) is 0 Å². The normalized spacial score (nSPS) is 21.0. The summed E-state index contributed by atoms with van der Waals surface area (Å²) in [5.41, 5.74) is 5.31. The third kappa shape index (κ3) is 5.11. The predicted molar refractivity (Wildman–Crippen MR) is 124 cm³/mol. The Hall–Kier alpha value is -2.72. The summed E-state index contributed by atoms with van der Waals surface area (Å²) in [5.74, 6) is -2.05. The van der Waals surface area contributed by atoms with Gasteiger partial charge in [0, 0.05) is 23.5 Å². The smallest absolute Gasteiger partial charge is 0.247 e. The van der Waals surface area contributed by atoms with Gasteiger partial charge in [-0.25, -0.2) is 0 Å². The molecule has 10 heteroatoms. The van der Waals surface area contributed by atoms with Crippen molar-refractivity contribution in [3.8, 4) is 0 Å². The van der Waals surface area contributed by atoms with Gasteiger partial charge in [0.15, 0.2) is 0 Å². The number of aromatic nitrogens is 1. The van der Waals surface area contributed by atoms with Crippen LogP contribution in [-0.4, -0.2) is 51.6 Å². The Kier molecular flexibility index (Phi) is 7.28. The largest absolute Gasteiger partial charge is 0.391 e. The lowest BCUT2D eigenvalue weighted by Crippen LogP contribution is -2.57. The second kappa shape index (κ2) is 9.64. The number of hydrogen-bond donors (Lipinski definition) is 3. The number of amides is 3. The van der Waals surface area contributed by atoms with Crippen molar-refractivity contribution in [1.29, 1.82) is 0 Å². The Morgan fingerprint density at radius 3 is 2.45 bits per heavy atom. The number of aliphatic hydroxyl groups is 1. The van der Waals surface area contributed by atoms with Gasteiger partial charge in [-0.15, -0.1) is 0 Å². The van der Waals surface area contributed by atoms with Gasteiger partial charge in [0.1, 0.15) is 23.3 Å². The van der Waals surface area contributed by atoms with Crippen LogP contribution in [0.4, 0.5) is 0 Å². The maximum atomic E-state index is 13.5. The molecule has 4 atom stereocenters. The summed E-state index contributed by atoms with van der Waals surface area (Å²) in [6.45, 7) is 7.03. The number of hydrogen-bond acceptors (Lipinski definition) is 6. The van der Waals surface area contributed by atoms with Crippen LogP contribution in [0.5, 0.6) is 0 Å². The lowest BCUT2D eigenvalue weighted by molar-refractivity contribution is -0.142. The van der Waals surface area contributed by atoms with Crippen molar-refractivity contribution in [3.05, 3.63) is 51.8 Å². The second-order valence-electron chi connectivity index (χ2n) is 8.97. The van der Waals surface area contributed by atoms with E-state index in [9.17, 15) is 19.5 Å². The number of halogens is 1. The average Bonchev–Trinajstić information content (AvgIpc) is 3.33. The van der Waals surface area contributed by atoms with Gasteiger partial charge in [-0.2, -0.15) is 0 Å². The molecule has 1 aliphatic rings. The number of primary amides is 1. The molecule has 1 aromatic carbocycles. The highest BCUT2D eigenvalue weighted by Crippen LogP contribution is 2.32. The average molecular weight is 521 g/mol. The summed E-state index contributed by atoms with van der Waals surface area (Å²) in [7, 11) is 0. The number of nitrogens with one attached hydrogen (secondary N) is 1. The zero-order valence-electron chi connectivity index (χ0n) is 19.0. The molecule has 3 rings (SSSR count). The van der Waals surface area contributed by atoms with Gasteiger partial charge in [0.2, 0.25) is 17.7 Å². The molecule has 2 aromatic rings. The summed E-state index contributed by atoms with van der Waals surface area (Å²) < 4.78 is 6.15. The summed E-state index contributed by atoms with van der Waals surface area (Å²) in [5, 5.41) is 16.9. The first-order valence-electron chi connectivity index (χ1n) is 10.7. The maximum absolute atomic E-state index is 13.5. The summed E-state index contributed by atoms with van der Waals surface area (Å²) in [6, 6.07) is 7.58. The van der Waals surface area contributed by atoms with Gasteiger partial charge in [-0.1, -0.05) is 47.1 Å². The van der Waals surface area contributed by atoms with Gasteiger partial charge < -0.3 is 25.6 Å². The first-order chi connectivity index (χ1) is 15.4. The lowest BCUT2D eigenvalue weighted by atomic mass is 9.90. The number of carbonyl (C=O) groups is 3. The Labute approximate surface area is 200 Å². The van der Waals surface area contributed by atoms with E-state index in [4.69, 9.17) is 10.3 Å². The molecule has 1 saturated heterocycles. The highest BCUT2D eigenvalue weighted by atomic mass is 79.9. The van der Waals surface area contributed by atoms with E-state index >= 15 is 0 Å². The van der Waals surface area contributed by atoms with Crippen LogP contribution >= 0.6 is 15.9 Å². The Bertz CT molecular complexity index is 1040. The van der Waals surface area contributed by atoms with E-state index in [1.807, 2.05) is 13.8 Å². The van der Waals surface area contributed by atoms with E-state index in [1.54, 1.807) is 37.3 Å². The topological polar surface area (TPSA) is 139 Å². The van der Waals surface area contributed by atoms with E-state index in [-0.39, 0.29) is 24.8 Å². The number of nitrogens with two attached hydrogens (primary N) is 1. The standard InChI is InChI=1S/C23H29BrN4O5/c1-12(2)19(18-9-13(3)27-33-18)21(31)28-11-16(29)10-17(28)20(30)26-23(4,22(25)32)14-5-7-15(24)8-6-14/h5-9,12,16-17,19,29H,10-11H2,1-4H3,(H2,25,32)(H,26,30)/t16-,17+,19-,23?/m1/s1. The number of aliphatic hydroxyl groups excluding tert-OH is 1. The van der Waals surface area contributed by atoms with Crippen molar-refractivity contribution in [2.45, 2.75) is 57.7 Å². The second-order valence-corrected chi connectivity index (χ2v) is 9.89. The minimum absolute atomic E-state index is 0.00116. The molecule has 2 heterocycles. The fourth-order valence-electron chi connectivity index (χ4n) is 4.14. The van der Waals surface area contributed by atoms with Crippen LogP contribution in [0.15, 0.2) is 39.3 Å². The molecule has 0 bridgehead atoms. The first-order valence-corrected chi connectivity index (χ1v) is 11.5. The van der Waals surface area contributed by atoms with Crippen LogP contribution in [0.1, 0.15) is 50.1 Å². The van der Waals surface area contributed by atoms with E-state index in [0.717, 1.165) is 4.47 Å². The molecule has 1 fully saturated rings. The molecule has 0 aliphatic carbocycles. The molecular formula is C23H29BrN4O5. The fraction of sp³-hybridized carbons (Fsp3) is 0.478. The van der Waals surface area contributed by atoms with Crippen LogP contribution in [0.2, 0.25) is 0 Å². The fourth-order valence-corrected chi connectivity index (χ4v) is 4.40. The van der Waals surface area contributed by atoms with Gasteiger partial charge in [0.05, 0.1) is 11.8 Å². The molecule has 9 nitrogen and oxygen atoms in total. The van der Waals surface area contributed by atoms with Crippen molar-refractivity contribution in [2.24, 2.45) is 11.7 Å². The number of carbonyl (C=O) groups excluding carboxylic acids is 3. The summed E-state index contributed by atoms with van der Waals surface area (Å²) >= 11 is 3.34. The number of rotatable bonds is 7. The molecule has 0 radical (unpaired) electrons. The van der Waals surface area contributed by atoms with Crippen molar-refractivity contribution < 1.29 is 24.0 Å². The van der Waals surface area contributed by atoms with Crippen molar-refractivity contribution in [2.75, 3.05) is 6.54 Å². The lowest BCUT2D eigenvalue weighted by Gasteiger charge is -2.33. The quantitative estimate of drug-likeness (QED) is 0.509. The number of β-amino-alcohol motifs (C(OH)–C–C–N with tert-alkyl or cyclic N) is 1. The number of benzene rings is 1. The third-order valence-electron chi connectivity index (χ3n) is 6.04. The van der Waals surface area contributed by atoms with Gasteiger partial charge in [-0.05, 0) is 37.5 Å². The molecule has 178 valence electrons. The third-order valence-corrected chi connectivity index (χ3v) is 6.57. The van der Waals surface area contributed by atoms with Crippen molar-refractivity contribution in [1.82, 2.24) is 15.4 Å². The van der Waals surface area contributed by atoms with Crippen LogP contribution in [0.3, 0.4) is 0 Å². The summed E-state index contributed by atoms with van der Waals surface area (Å²) in [6.07, 6.45) is -0.825. The van der Waals surface area contributed by atoms with Crippen LogP contribution in [-0.2, 0) is 19.9 Å². The minimum atomic E-state index is -1.50. The van der Waals surface area contributed by atoms with Gasteiger partial charge in [0.25, 0.3) is 0 Å². The Morgan fingerprint density at radius 2 is 1.94 bits per heavy atom. The molecular weight excluding hydrogens is 492 g/mol. The van der Waals surface area contributed by atoms with Crippen LogP contribution in [0, 0.1) is 12.8 Å². The van der Waals surface area contributed by atoms with E-state index in [1.165, 1.54) is 11.8 Å². The molecule has 0 saturated carbocycles. The zero-order chi connectivity index (χ0) is 24.5. The number of likely N-dealkylation sites (tertiary alicyclic amines) is 1. The molecule has 4 N–H and O–H groups in total.